The van der Waals surface area contributed by atoms with Gasteiger partial charge in [-0.1, -0.05) is 39.5 Å². The van der Waals surface area contributed by atoms with E-state index in [1.807, 2.05) is 0 Å². The largest absolute Gasteiger partial charge is 0.388 e. The molecule has 17 heavy (non-hydrogen) atoms. The van der Waals surface area contributed by atoms with E-state index < -0.39 is 5.60 Å². The number of hydrogen-bond acceptors (Lipinski definition) is 2. The lowest BCUT2D eigenvalue weighted by Gasteiger charge is -2.27. The van der Waals surface area contributed by atoms with Crippen LogP contribution in [-0.4, -0.2) is 23.2 Å². The number of carbonyl (C=O) groups excluding carboxylic acids is 1. The Balaban J connectivity index is 1.78. The lowest BCUT2D eigenvalue weighted by molar-refractivity contribution is -0.124. The fraction of sp³-hybridized carbons (Fsp3) is 0.929. The number of carbonyl (C=O) groups is 1. The third-order valence-electron chi connectivity index (χ3n) is 4.46. The molecule has 0 radical (unpaired) electrons. The molecule has 2 aliphatic carbocycles. The molecule has 98 valence electrons. The van der Waals surface area contributed by atoms with E-state index in [1.54, 1.807) is 0 Å². The van der Waals surface area contributed by atoms with Crippen LogP contribution in [0.25, 0.3) is 0 Å². The van der Waals surface area contributed by atoms with E-state index in [-0.39, 0.29) is 17.2 Å². The van der Waals surface area contributed by atoms with Gasteiger partial charge < -0.3 is 10.4 Å². The SMILES string of the molecule is CC1(C)CC1C(=O)NCC1(O)CCCCCC1. The van der Waals surface area contributed by atoms with Gasteiger partial charge in [-0.3, -0.25) is 4.79 Å². The van der Waals surface area contributed by atoms with Crippen LogP contribution in [0.5, 0.6) is 0 Å². The standard InChI is InChI=1S/C14H25NO2/c1-13(2)9-11(13)12(16)15-10-14(17)7-5-3-4-6-8-14/h11,17H,3-10H2,1-2H3,(H,15,16). The third-order valence-corrected chi connectivity index (χ3v) is 4.46. The summed E-state index contributed by atoms with van der Waals surface area (Å²) >= 11 is 0. The highest BCUT2D eigenvalue weighted by Crippen LogP contribution is 2.51. The molecule has 0 spiro atoms. The van der Waals surface area contributed by atoms with Crippen LogP contribution in [0.4, 0.5) is 0 Å². The molecular formula is C14H25NO2. The maximum atomic E-state index is 11.9. The number of amides is 1. The van der Waals surface area contributed by atoms with E-state index in [1.165, 1.54) is 12.8 Å². The first kappa shape index (κ1) is 12.9. The van der Waals surface area contributed by atoms with Crippen LogP contribution in [-0.2, 0) is 4.79 Å². The van der Waals surface area contributed by atoms with Crippen molar-refractivity contribution in [1.29, 1.82) is 0 Å². The first-order valence-electron chi connectivity index (χ1n) is 6.93. The van der Waals surface area contributed by atoms with E-state index >= 15 is 0 Å². The lowest BCUT2D eigenvalue weighted by atomic mass is 9.94. The summed E-state index contributed by atoms with van der Waals surface area (Å²) in [6, 6.07) is 0. The van der Waals surface area contributed by atoms with E-state index in [4.69, 9.17) is 0 Å². The van der Waals surface area contributed by atoms with Crippen molar-refractivity contribution in [2.45, 2.75) is 64.4 Å². The third kappa shape index (κ3) is 3.21. The fourth-order valence-electron chi connectivity index (χ4n) is 2.85. The Hall–Kier alpha value is -0.570. The smallest absolute Gasteiger partial charge is 0.223 e. The van der Waals surface area contributed by atoms with E-state index in [0.29, 0.717) is 6.54 Å². The van der Waals surface area contributed by atoms with Crippen molar-refractivity contribution >= 4 is 5.91 Å². The van der Waals surface area contributed by atoms with Crippen LogP contribution in [0.1, 0.15) is 58.8 Å². The Morgan fingerprint density at radius 2 is 1.76 bits per heavy atom. The van der Waals surface area contributed by atoms with Crippen molar-refractivity contribution in [1.82, 2.24) is 5.32 Å². The molecule has 1 amide bonds. The summed E-state index contributed by atoms with van der Waals surface area (Å²) in [4.78, 5) is 11.9. The van der Waals surface area contributed by atoms with Crippen molar-refractivity contribution in [2.75, 3.05) is 6.54 Å². The lowest BCUT2D eigenvalue weighted by Crippen LogP contribution is -2.43. The average Bonchev–Trinajstić information content (AvgIpc) is 2.95. The van der Waals surface area contributed by atoms with Crippen molar-refractivity contribution in [3.05, 3.63) is 0 Å². The Bertz CT molecular complexity index is 291. The number of hydrogen-bond donors (Lipinski definition) is 2. The number of nitrogens with one attached hydrogen (secondary N) is 1. The van der Waals surface area contributed by atoms with Gasteiger partial charge >= 0.3 is 0 Å². The van der Waals surface area contributed by atoms with Crippen molar-refractivity contribution in [3.63, 3.8) is 0 Å². The van der Waals surface area contributed by atoms with E-state index in [0.717, 1.165) is 32.1 Å². The molecule has 0 aliphatic heterocycles. The van der Waals surface area contributed by atoms with Crippen molar-refractivity contribution in [3.8, 4) is 0 Å². The summed E-state index contributed by atoms with van der Waals surface area (Å²) in [7, 11) is 0. The van der Waals surface area contributed by atoms with Crippen molar-refractivity contribution in [2.24, 2.45) is 11.3 Å². The molecule has 3 heteroatoms. The highest BCUT2D eigenvalue weighted by Gasteiger charge is 2.50. The van der Waals surface area contributed by atoms with Crippen LogP contribution in [0.3, 0.4) is 0 Å². The van der Waals surface area contributed by atoms with E-state index in [2.05, 4.69) is 19.2 Å². The Kier molecular flexibility index (Phi) is 3.48. The second-order valence-electron chi connectivity index (χ2n) is 6.60. The normalized spacial score (nSPS) is 30.4. The first-order valence-corrected chi connectivity index (χ1v) is 6.93. The van der Waals surface area contributed by atoms with Gasteiger partial charge in [-0.05, 0) is 24.7 Å². The quantitative estimate of drug-likeness (QED) is 0.742. The number of rotatable bonds is 3. The zero-order valence-corrected chi connectivity index (χ0v) is 11.1. The Morgan fingerprint density at radius 1 is 1.24 bits per heavy atom. The monoisotopic (exact) mass is 239 g/mol. The van der Waals surface area contributed by atoms with Gasteiger partial charge in [0, 0.05) is 12.5 Å². The second kappa shape index (κ2) is 4.60. The summed E-state index contributed by atoms with van der Waals surface area (Å²) in [5.41, 5.74) is -0.471. The summed E-state index contributed by atoms with van der Waals surface area (Å²) in [6.45, 7) is 4.69. The molecule has 2 saturated carbocycles. The Labute approximate surface area is 104 Å². The molecule has 2 fully saturated rings. The molecule has 2 N–H and O–H groups in total. The molecule has 1 atom stereocenters. The molecule has 3 nitrogen and oxygen atoms in total. The summed E-state index contributed by atoms with van der Waals surface area (Å²) in [6.07, 6.45) is 7.25. The van der Waals surface area contributed by atoms with Crippen LogP contribution >= 0.6 is 0 Å². The highest BCUT2D eigenvalue weighted by atomic mass is 16.3. The summed E-state index contributed by atoms with van der Waals surface area (Å²) in [5, 5.41) is 13.4. The predicted octanol–water partition coefficient (Wildman–Crippen LogP) is 2.23. The molecule has 1 unspecified atom stereocenters. The van der Waals surface area contributed by atoms with Gasteiger partial charge in [-0.25, -0.2) is 0 Å². The van der Waals surface area contributed by atoms with Crippen LogP contribution in [0.15, 0.2) is 0 Å². The van der Waals surface area contributed by atoms with Gasteiger partial charge in [-0.2, -0.15) is 0 Å². The molecule has 0 aromatic carbocycles. The van der Waals surface area contributed by atoms with Gasteiger partial charge in [-0.15, -0.1) is 0 Å². The molecule has 0 aromatic heterocycles. The predicted molar refractivity (Wildman–Crippen MR) is 67.5 cm³/mol. The second-order valence-corrected chi connectivity index (χ2v) is 6.60. The van der Waals surface area contributed by atoms with Crippen LogP contribution in [0, 0.1) is 11.3 Å². The zero-order valence-electron chi connectivity index (χ0n) is 11.1. The molecule has 0 aromatic rings. The first-order chi connectivity index (χ1) is 7.93. The van der Waals surface area contributed by atoms with Gasteiger partial charge in [0.15, 0.2) is 0 Å². The average molecular weight is 239 g/mol. The molecule has 0 heterocycles. The van der Waals surface area contributed by atoms with Crippen LogP contribution in [0.2, 0.25) is 0 Å². The van der Waals surface area contributed by atoms with Gasteiger partial charge in [0.1, 0.15) is 0 Å². The minimum absolute atomic E-state index is 0.132. The molecule has 2 rings (SSSR count). The fourth-order valence-corrected chi connectivity index (χ4v) is 2.85. The number of aliphatic hydroxyl groups is 1. The van der Waals surface area contributed by atoms with Gasteiger partial charge in [0.05, 0.1) is 5.60 Å². The highest BCUT2D eigenvalue weighted by molar-refractivity contribution is 5.82. The minimum Gasteiger partial charge on any atom is -0.388 e. The van der Waals surface area contributed by atoms with Crippen LogP contribution < -0.4 is 5.32 Å². The Morgan fingerprint density at radius 3 is 2.24 bits per heavy atom. The van der Waals surface area contributed by atoms with Gasteiger partial charge in [0.2, 0.25) is 5.91 Å². The van der Waals surface area contributed by atoms with E-state index in [9.17, 15) is 9.90 Å². The summed E-state index contributed by atoms with van der Waals surface area (Å²) < 4.78 is 0. The minimum atomic E-state index is -0.648. The molecular weight excluding hydrogens is 214 g/mol. The van der Waals surface area contributed by atoms with Crippen molar-refractivity contribution < 1.29 is 9.90 Å². The molecule has 0 saturated heterocycles. The summed E-state index contributed by atoms with van der Waals surface area (Å²) in [5.74, 6) is 0.296. The molecule has 2 aliphatic rings. The maximum absolute atomic E-state index is 11.9. The zero-order chi connectivity index (χ0) is 12.5. The van der Waals surface area contributed by atoms with Gasteiger partial charge in [0.25, 0.3) is 0 Å². The molecule has 0 bridgehead atoms. The maximum Gasteiger partial charge on any atom is 0.223 e. The topological polar surface area (TPSA) is 49.3 Å².